The molecule has 508 valence electrons. The van der Waals surface area contributed by atoms with E-state index in [1.807, 2.05) is 85.0 Å². The van der Waals surface area contributed by atoms with Crippen molar-refractivity contribution >= 4 is 58.6 Å². The van der Waals surface area contributed by atoms with E-state index in [0.717, 1.165) is 46.7 Å². The fourth-order valence-corrected chi connectivity index (χ4v) is 13.2. The standard InChI is InChI=1S/C30H30N2O5.C28H32N2O6.C21H26O3/c1-5-27(33)36-19-23-17-24(32(34)35)16-22-14-15-30(37-28(22)23)29(3,4)25-8-6-7-9-26(25)31(30)18-21-12-10-20(2)11-13-21;1-5-29-24-12-8-7-11-23(24)27(3,4)28(29)15-14-20-16-22(30(33)34)17-21(26(20)36-28)18-35-25(32)13-9-6-10-19(2)31;1-5-6-7-20(22)24-19-14-10-17(11-15-19)21(2,3)16-8-12-18(23-4)13-9-16/h6-17H,5,18-19H2,1-4H3;7-8,11-12,14-17H,5-6,9-10,13,18H2,1-4H3;8-15H,5-7H2,1-4H3. The number of hydrogen-bond acceptors (Lipinski definition) is 16. The van der Waals surface area contributed by atoms with Gasteiger partial charge in [0, 0.05) is 102 Å². The molecule has 2 atom stereocenters. The Hall–Kier alpha value is -10.1. The number of likely N-dealkylation sites (N-methyl/N-ethyl adjacent to an activating group) is 1. The van der Waals surface area contributed by atoms with Crippen LogP contribution in [-0.2, 0) is 64.7 Å². The number of carbonyl (C=O) groups is 4. The van der Waals surface area contributed by atoms with Gasteiger partial charge in [0.15, 0.2) is 0 Å². The number of fused-ring (bicyclic) bond motifs is 4. The van der Waals surface area contributed by atoms with Crippen LogP contribution < -0.4 is 28.7 Å². The predicted octanol–water partition coefficient (Wildman–Crippen LogP) is 17.3. The SMILES string of the molecule is CCC(=O)OCc1cc([N+](=O)[O-])cc2c1OC1(C=C2)N(Cc2ccc(C)cc2)c2ccccc2C1(C)C.CCCCC(=O)Oc1ccc(C(C)(C)c2ccc(OC)cc2)cc1.CCN1c2ccccc2C(C)(C)C12C=Cc1cc([N+](=O)[O-])cc(COC(=O)CCCCC(C)=O)c1O2. The minimum absolute atomic E-state index is 0.0732. The van der Waals surface area contributed by atoms with Gasteiger partial charge in [-0.2, -0.15) is 0 Å². The van der Waals surface area contributed by atoms with E-state index in [1.165, 1.54) is 47.9 Å². The summed E-state index contributed by atoms with van der Waals surface area (Å²) in [5, 5.41) is 23.2. The molecule has 97 heavy (non-hydrogen) atoms. The van der Waals surface area contributed by atoms with E-state index in [1.54, 1.807) is 14.0 Å². The number of anilines is 2. The molecule has 18 heteroatoms. The maximum Gasteiger partial charge on any atom is 0.311 e. The first-order valence-corrected chi connectivity index (χ1v) is 33.2. The number of rotatable bonds is 22. The fraction of sp³-hybridized carbons (Fsp3) is 0.367. The van der Waals surface area contributed by atoms with Crippen molar-refractivity contribution in [1.29, 1.82) is 0 Å². The molecule has 0 aliphatic carbocycles. The van der Waals surface area contributed by atoms with E-state index in [9.17, 15) is 39.4 Å². The molecule has 4 aliphatic rings. The van der Waals surface area contributed by atoms with Crippen molar-refractivity contribution in [2.45, 2.75) is 175 Å². The number of methoxy groups -OCH3 is 1. The maximum atomic E-state index is 12.3. The highest BCUT2D eigenvalue weighted by molar-refractivity contribution is 5.78. The van der Waals surface area contributed by atoms with Gasteiger partial charge in [-0.1, -0.05) is 125 Å². The smallest absolute Gasteiger partial charge is 0.311 e. The van der Waals surface area contributed by atoms with Gasteiger partial charge in [0.1, 0.15) is 42.0 Å². The summed E-state index contributed by atoms with van der Waals surface area (Å²) in [6.45, 7) is 23.4. The average molecular weight is 1320 g/mol. The number of unbranched alkanes of at least 4 members (excludes halogenated alkanes) is 2. The largest absolute Gasteiger partial charge is 0.497 e. The molecule has 7 aromatic carbocycles. The molecule has 18 nitrogen and oxygen atoms in total. The van der Waals surface area contributed by atoms with Crippen LogP contribution in [0.2, 0.25) is 0 Å². The monoisotopic (exact) mass is 1320 g/mol. The molecule has 0 amide bonds. The van der Waals surface area contributed by atoms with Crippen LogP contribution in [0.15, 0.2) is 158 Å². The molecule has 0 aromatic heterocycles. The fourth-order valence-electron chi connectivity index (χ4n) is 13.2. The van der Waals surface area contributed by atoms with Gasteiger partial charge in [-0.05, 0) is 156 Å². The summed E-state index contributed by atoms with van der Waals surface area (Å²) in [5.74, 6) is 1.55. The molecule has 2 spiro atoms. The molecule has 0 saturated carbocycles. The van der Waals surface area contributed by atoms with Crippen molar-refractivity contribution < 1.29 is 57.4 Å². The van der Waals surface area contributed by atoms with Gasteiger partial charge in [-0.15, -0.1) is 0 Å². The molecule has 11 rings (SSSR count). The third-order valence-electron chi connectivity index (χ3n) is 19.0. The number of nitro benzene ring substituents is 2. The first-order chi connectivity index (χ1) is 46.2. The molecule has 0 fully saturated rings. The number of Topliss-reactive ketones (excluding diaryl/α,β-unsaturated/α-hetero) is 1. The van der Waals surface area contributed by atoms with Crippen molar-refractivity contribution in [2.75, 3.05) is 23.5 Å². The Morgan fingerprint density at radius 3 is 1.51 bits per heavy atom. The van der Waals surface area contributed by atoms with Crippen LogP contribution in [0.4, 0.5) is 22.7 Å². The first kappa shape index (κ1) is 71.2. The van der Waals surface area contributed by atoms with Gasteiger partial charge in [0.2, 0.25) is 11.4 Å². The number of carbonyl (C=O) groups excluding carboxylic acids is 4. The quantitative estimate of drug-likeness (QED) is 0.0203. The first-order valence-electron chi connectivity index (χ1n) is 33.2. The Morgan fingerprint density at radius 1 is 0.567 bits per heavy atom. The number of ether oxygens (including phenoxy) is 6. The van der Waals surface area contributed by atoms with Gasteiger partial charge in [-0.25, -0.2) is 0 Å². The zero-order valence-electron chi connectivity index (χ0n) is 57.7. The molecule has 7 aromatic rings. The highest BCUT2D eigenvalue weighted by Crippen LogP contribution is 2.58. The summed E-state index contributed by atoms with van der Waals surface area (Å²) in [4.78, 5) is 73.9. The molecule has 0 N–H and O–H groups in total. The Morgan fingerprint density at radius 2 is 1.03 bits per heavy atom. The number of benzene rings is 7. The predicted molar refractivity (Wildman–Crippen MR) is 376 cm³/mol. The summed E-state index contributed by atoms with van der Waals surface area (Å²) >= 11 is 0. The summed E-state index contributed by atoms with van der Waals surface area (Å²) < 4.78 is 35.2. The zero-order valence-corrected chi connectivity index (χ0v) is 57.7. The minimum atomic E-state index is -0.909. The lowest BCUT2D eigenvalue weighted by molar-refractivity contribution is -0.385. The number of nitro groups is 2. The van der Waals surface area contributed by atoms with Gasteiger partial charge in [0.05, 0.1) is 27.8 Å². The van der Waals surface area contributed by atoms with Crippen molar-refractivity contribution in [2.24, 2.45) is 0 Å². The van der Waals surface area contributed by atoms with Crippen molar-refractivity contribution in [3.05, 3.63) is 234 Å². The second kappa shape index (κ2) is 29.9. The molecule has 4 aliphatic heterocycles. The van der Waals surface area contributed by atoms with Crippen LogP contribution in [0, 0.1) is 27.2 Å². The van der Waals surface area contributed by atoms with Gasteiger partial charge < -0.3 is 43.0 Å². The number of hydrogen-bond donors (Lipinski definition) is 0. The van der Waals surface area contributed by atoms with Gasteiger partial charge >= 0.3 is 17.9 Å². The second-order valence-electron chi connectivity index (χ2n) is 26.5. The Balaban J connectivity index is 0.000000175. The number of nitrogens with zero attached hydrogens (tertiary/aromatic N) is 4. The Kier molecular flexibility index (Phi) is 21.9. The van der Waals surface area contributed by atoms with Crippen LogP contribution >= 0.6 is 0 Å². The molecule has 0 bridgehead atoms. The molecule has 0 saturated heterocycles. The lowest BCUT2D eigenvalue weighted by Gasteiger charge is -2.47. The highest BCUT2D eigenvalue weighted by atomic mass is 16.6. The Bertz CT molecular complexity index is 4120. The van der Waals surface area contributed by atoms with Gasteiger partial charge in [-0.3, -0.25) is 34.6 Å². The number of esters is 3. The lowest BCUT2D eigenvalue weighted by atomic mass is 9.76. The molecule has 0 radical (unpaired) electrons. The zero-order chi connectivity index (χ0) is 70.0. The normalized spacial score (nSPS) is 16.9. The summed E-state index contributed by atoms with van der Waals surface area (Å²) in [6.07, 6.45) is 12.1. The van der Waals surface area contributed by atoms with Crippen molar-refractivity contribution in [1.82, 2.24) is 0 Å². The van der Waals surface area contributed by atoms with E-state index in [2.05, 4.69) is 133 Å². The van der Waals surface area contributed by atoms with Gasteiger partial charge in [0.25, 0.3) is 11.4 Å². The third-order valence-corrected chi connectivity index (χ3v) is 19.0. The molecule has 4 heterocycles. The number of non-ortho nitro benzene ring substituents is 2. The second-order valence-corrected chi connectivity index (χ2v) is 26.5. The summed E-state index contributed by atoms with van der Waals surface area (Å²) in [7, 11) is 1.67. The maximum absolute atomic E-state index is 12.3. The van der Waals surface area contributed by atoms with E-state index >= 15 is 0 Å². The topological polar surface area (TPSA) is 216 Å². The summed E-state index contributed by atoms with van der Waals surface area (Å²) in [5.41, 5.74) is 8.27. The molecular weight excluding hydrogens is 1230 g/mol. The van der Waals surface area contributed by atoms with Crippen LogP contribution in [-0.4, -0.2) is 58.6 Å². The minimum Gasteiger partial charge on any atom is -0.497 e. The van der Waals surface area contributed by atoms with Crippen LogP contribution in [0.25, 0.3) is 12.2 Å². The number of ketones is 1. The Labute approximate surface area is 568 Å². The van der Waals surface area contributed by atoms with Crippen molar-refractivity contribution in [3.63, 3.8) is 0 Å². The van der Waals surface area contributed by atoms with Crippen LogP contribution in [0.1, 0.15) is 176 Å². The number of para-hydroxylation sites is 2. The number of aryl methyl sites for hydroxylation is 1. The van der Waals surface area contributed by atoms with E-state index < -0.39 is 38.1 Å². The summed E-state index contributed by atoms with van der Waals surface area (Å²) in [6, 6.07) is 46.6. The van der Waals surface area contributed by atoms with Crippen molar-refractivity contribution in [3.8, 4) is 23.0 Å². The van der Waals surface area contributed by atoms with E-state index in [-0.39, 0.29) is 60.6 Å². The lowest BCUT2D eigenvalue weighted by Crippen LogP contribution is -2.59. The highest BCUT2D eigenvalue weighted by Gasteiger charge is 2.60. The third kappa shape index (κ3) is 15.0. The van der Waals surface area contributed by atoms with E-state index in [0.29, 0.717) is 78.3 Å². The average Bonchev–Trinajstić information content (AvgIpc) is 1.56. The van der Waals surface area contributed by atoms with E-state index in [4.69, 9.17) is 28.4 Å². The van der Waals surface area contributed by atoms with Crippen LogP contribution in [0.5, 0.6) is 23.0 Å². The van der Waals surface area contributed by atoms with Crippen LogP contribution in [0.3, 0.4) is 0 Å². The molecule has 2 unspecified atom stereocenters. The molecular formula is C79H88N4O14.